The topological polar surface area (TPSA) is 74.2 Å². The monoisotopic (exact) mass is 461 g/mol. The highest BCUT2D eigenvalue weighted by Gasteiger charge is 2.43. The molecule has 0 bridgehead atoms. The van der Waals surface area contributed by atoms with Gasteiger partial charge in [-0.25, -0.2) is 0 Å². The highest BCUT2D eigenvalue weighted by atomic mass is 16.5. The Hall–Kier alpha value is -3.41. The van der Waals surface area contributed by atoms with E-state index in [1.165, 1.54) is 0 Å². The van der Waals surface area contributed by atoms with Gasteiger partial charge in [-0.15, -0.1) is 0 Å². The summed E-state index contributed by atoms with van der Waals surface area (Å²) in [6.45, 7) is 5.89. The van der Waals surface area contributed by atoms with Crippen molar-refractivity contribution in [1.82, 2.24) is 0 Å². The van der Waals surface area contributed by atoms with Crippen LogP contribution in [0.4, 0.5) is 0 Å². The van der Waals surface area contributed by atoms with Crippen LogP contribution < -0.4 is 9.47 Å². The molecule has 0 spiro atoms. The number of nitrogens with zero attached hydrogens (tertiary/aromatic N) is 1. The summed E-state index contributed by atoms with van der Waals surface area (Å²) in [6, 6.07) is 15.5. The lowest BCUT2D eigenvalue weighted by atomic mass is 9.71. The number of hydrogen-bond acceptors (Lipinski definition) is 6. The van der Waals surface area contributed by atoms with Gasteiger partial charge in [0.15, 0.2) is 17.3 Å². The summed E-state index contributed by atoms with van der Waals surface area (Å²) in [5, 5.41) is 0. The molecule has 4 rings (SSSR count). The molecule has 0 fully saturated rings. The second kappa shape index (κ2) is 10.2. The Kier molecular flexibility index (Phi) is 7.15. The Labute approximate surface area is 200 Å². The van der Waals surface area contributed by atoms with Crippen LogP contribution in [0.25, 0.3) is 0 Å². The molecule has 0 N–H and O–H groups in total. The lowest BCUT2D eigenvalue weighted by Gasteiger charge is -2.35. The van der Waals surface area contributed by atoms with E-state index in [0.29, 0.717) is 35.8 Å². The van der Waals surface area contributed by atoms with E-state index in [0.717, 1.165) is 29.7 Å². The Morgan fingerprint density at radius 1 is 1.09 bits per heavy atom. The third-order valence-corrected chi connectivity index (χ3v) is 6.22. The zero-order chi connectivity index (χ0) is 24.2. The zero-order valence-corrected chi connectivity index (χ0v) is 20.2. The zero-order valence-electron chi connectivity index (χ0n) is 20.2. The second-order valence-corrected chi connectivity index (χ2v) is 9.02. The Balaban J connectivity index is 1.72. The van der Waals surface area contributed by atoms with Gasteiger partial charge in [-0.3, -0.25) is 14.6 Å². The van der Waals surface area contributed by atoms with Crippen LogP contribution in [-0.4, -0.2) is 30.7 Å². The SMILES string of the molecule is COc1cc([C@@H]2C3=C(CCCC3=O)N=C(C)C2C(=O)OC(C)C)ccc1OCc1ccccc1. The Morgan fingerprint density at radius 3 is 2.56 bits per heavy atom. The van der Waals surface area contributed by atoms with Gasteiger partial charge >= 0.3 is 5.97 Å². The molecule has 2 atom stereocenters. The molecular formula is C28H31NO5. The van der Waals surface area contributed by atoms with Gasteiger partial charge in [-0.2, -0.15) is 0 Å². The first-order valence-corrected chi connectivity index (χ1v) is 11.8. The van der Waals surface area contributed by atoms with E-state index < -0.39 is 11.8 Å². The van der Waals surface area contributed by atoms with E-state index in [-0.39, 0.29) is 17.9 Å². The number of Topliss-reactive ketones (excluding diaryl/α,β-unsaturated/α-hetero) is 1. The number of esters is 1. The number of hydrogen-bond donors (Lipinski definition) is 0. The highest BCUT2D eigenvalue weighted by molar-refractivity contribution is 6.08. The maximum atomic E-state index is 13.2. The van der Waals surface area contributed by atoms with E-state index in [4.69, 9.17) is 14.2 Å². The van der Waals surface area contributed by atoms with Gasteiger partial charge in [0.1, 0.15) is 12.5 Å². The van der Waals surface area contributed by atoms with Crippen LogP contribution >= 0.6 is 0 Å². The van der Waals surface area contributed by atoms with E-state index in [1.54, 1.807) is 7.11 Å². The number of carbonyl (C=O) groups is 2. The van der Waals surface area contributed by atoms with Crippen molar-refractivity contribution < 1.29 is 23.8 Å². The maximum Gasteiger partial charge on any atom is 0.315 e. The van der Waals surface area contributed by atoms with Gasteiger partial charge < -0.3 is 14.2 Å². The molecule has 0 radical (unpaired) electrons. The summed E-state index contributed by atoms with van der Waals surface area (Å²) in [5.74, 6) is -0.299. The number of ether oxygens (including phenoxy) is 3. The number of benzene rings is 2. The number of methoxy groups -OCH3 is 1. The summed E-state index contributed by atoms with van der Waals surface area (Å²) in [7, 11) is 1.59. The minimum absolute atomic E-state index is 0.0493. The van der Waals surface area contributed by atoms with Gasteiger partial charge in [0.25, 0.3) is 0 Å². The van der Waals surface area contributed by atoms with Crippen LogP contribution in [0.5, 0.6) is 11.5 Å². The summed E-state index contributed by atoms with van der Waals surface area (Å²) in [5.41, 5.74) is 3.95. The van der Waals surface area contributed by atoms with Crippen LogP contribution in [0.3, 0.4) is 0 Å². The summed E-state index contributed by atoms with van der Waals surface area (Å²) >= 11 is 0. The Bertz CT molecular complexity index is 1130. The molecule has 1 aliphatic heterocycles. The van der Waals surface area contributed by atoms with E-state index in [1.807, 2.05) is 69.3 Å². The number of carbonyl (C=O) groups excluding carboxylic acids is 2. The number of aliphatic imine (C=N–C) groups is 1. The lowest BCUT2D eigenvalue weighted by Crippen LogP contribution is -2.38. The number of allylic oxidation sites excluding steroid dienone is 2. The third-order valence-electron chi connectivity index (χ3n) is 6.22. The van der Waals surface area contributed by atoms with Gasteiger partial charge in [-0.1, -0.05) is 36.4 Å². The van der Waals surface area contributed by atoms with Crippen molar-refractivity contribution in [2.75, 3.05) is 7.11 Å². The standard InChI is InChI=1S/C28H31NO5/c1-17(2)34-28(31)25-18(3)29-21-11-8-12-22(30)27(21)26(25)20-13-14-23(24(15-20)32-4)33-16-19-9-6-5-7-10-19/h5-7,9-10,13-15,17,25-26H,8,11-12,16H2,1-4H3/t25?,26-/m0/s1. The van der Waals surface area contributed by atoms with Gasteiger partial charge in [0, 0.05) is 29.3 Å². The molecule has 1 unspecified atom stereocenters. The van der Waals surface area contributed by atoms with E-state index >= 15 is 0 Å². The van der Waals surface area contributed by atoms with Crippen LogP contribution in [0, 0.1) is 5.92 Å². The average molecular weight is 462 g/mol. The van der Waals surface area contributed by atoms with Crippen molar-refractivity contribution in [3.63, 3.8) is 0 Å². The number of rotatable bonds is 7. The predicted octanol–water partition coefficient (Wildman–Crippen LogP) is 5.41. The van der Waals surface area contributed by atoms with Gasteiger partial charge in [0.05, 0.1) is 13.2 Å². The molecule has 6 nitrogen and oxygen atoms in total. The predicted molar refractivity (Wildman–Crippen MR) is 130 cm³/mol. The molecule has 34 heavy (non-hydrogen) atoms. The summed E-state index contributed by atoms with van der Waals surface area (Å²) in [4.78, 5) is 30.9. The van der Waals surface area contributed by atoms with Crippen molar-refractivity contribution >= 4 is 17.5 Å². The van der Waals surface area contributed by atoms with Crippen molar-refractivity contribution in [3.8, 4) is 11.5 Å². The molecule has 0 amide bonds. The molecule has 0 saturated heterocycles. The summed E-state index contributed by atoms with van der Waals surface area (Å²) in [6.07, 6.45) is 1.71. The van der Waals surface area contributed by atoms with Crippen molar-refractivity contribution in [1.29, 1.82) is 0 Å². The van der Waals surface area contributed by atoms with Crippen LogP contribution in [0.15, 0.2) is 64.8 Å². The van der Waals surface area contributed by atoms with Crippen LogP contribution in [-0.2, 0) is 20.9 Å². The molecule has 6 heteroatoms. The molecule has 0 saturated carbocycles. The Morgan fingerprint density at radius 2 is 1.85 bits per heavy atom. The van der Waals surface area contributed by atoms with Gasteiger partial charge in [0.2, 0.25) is 0 Å². The van der Waals surface area contributed by atoms with Crippen molar-refractivity contribution in [2.45, 2.75) is 58.7 Å². The van der Waals surface area contributed by atoms with E-state index in [9.17, 15) is 9.59 Å². The lowest BCUT2D eigenvalue weighted by molar-refractivity contribution is -0.150. The van der Waals surface area contributed by atoms with Gasteiger partial charge in [-0.05, 0) is 56.9 Å². The molecule has 1 heterocycles. The van der Waals surface area contributed by atoms with Crippen molar-refractivity contribution in [2.24, 2.45) is 10.9 Å². The van der Waals surface area contributed by atoms with Crippen molar-refractivity contribution in [3.05, 3.63) is 70.9 Å². The highest BCUT2D eigenvalue weighted by Crippen LogP contribution is 2.45. The van der Waals surface area contributed by atoms with Crippen LogP contribution in [0.2, 0.25) is 0 Å². The average Bonchev–Trinajstić information content (AvgIpc) is 2.82. The molecule has 0 aromatic heterocycles. The van der Waals surface area contributed by atoms with E-state index in [2.05, 4.69) is 4.99 Å². The largest absolute Gasteiger partial charge is 0.493 e. The minimum Gasteiger partial charge on any atom is -0.493 e. The smallest absolute Gasteiger partial charge is 0.315 e. The fourth-order valence-corrected chi connectivity index (χ4v) is 4.71. The first kappa shape index (κ1) is 23.7. The quantitative estimate of drug-likeness (QED) is 0.516. The molecule has 2 aromatic carbocycles. The number of ketones is 1. The normalized spacial score (nSPS) is 20.0. The summed E-state index contributed by atoms with van der Waals surface area (Å²) < 4.78 is 17.2. The molecule has 1 aliphatic carbocycles. The molecule has 178 valence electrons. The first-order chi connectivity index (χ1) is 16.4. The molecule has 2 aliphatic rings. The third kappa shape index (κ3) is 4.91. The maximum absolute atomic E-state index is 13.2. The van der Waals surface area contributed by atoms with Crippen LogP contribution in [0.1, 0.15) is 57.1 Å². The fraction of sp³-hybridized carbons (Fsp3) is 0.393. The molecular weight excluding hydrogens is 430 g/mol. The minimum atomic E-state index is -0.663. The molecule has 2 aromatic rings. The fourth-order valence-electron chi connectivity index (χ4n) is 4.71. The first-order valence-electron chi connectivity index (χ1n) is 11.8. The second-order valence-electron chi connectivity index (χ2n) is 9.02.